The van der Waals surface area contributed by atoms with Gasteiger partial charge >= 0.3 is 0 Å². The van der Waals surface area contributed by atoms with Crippen LogP contribution < -0.4 is 0 Å². The van der Waals surface area contributed by atoms with Crippen molar-refractivity contribution in [1.82, 2.24) is 9.78 Å². The SMILES string of the molecule is CC(C)n1nc(C2CC2)cc1Cl. The number of hydrogen-bond donors (Lipinski definition) is 0. The third-order valence-corrected chi connectivity index (χ3v) is 2.48. The van der Waals surface area contributed by atoms with Crippen LogP contribution in [0.1, 0.15) is 44.3 Å². The maximum absolute atomic E-state index is 6.01. The number of hydrogen-bond acceptors (Lipinski definition) is 1. The third kappa shape index (κ3) is 1.36. The lowest BCUT2D eigenvalue weighted by Crippen LogP contribution is -2.02. The Labute approximate surface area is 77.5 Å². The lowest BCUT2D eigenvalue weighted by molar-refractivity contribution is 0.527. The highest BCUT2D eigenvalue weighted by Crippen LogP contribution is 2.40. The largest absolute Gasteiger partial charge is 0.251 e. The van der Waals surface area contributed by atoms with Crippen molar-refractivity contribution in [3.8, 4) is 0 Å². The minimum Gasteiger partial charge on any atom is -0.251 e. The van der Waals surface area contributed by atoms with E-state index in [2.05, 4.69) is 18.9 Å². The summed E-state index contributed by atoms with van der Waals surface area (Å²) in [4.78, 5) is 0. The van der Waals surface area contributed by atoms with E-state index in [0.29, 0.717) is 12.0 Å². The van der Waals surface area contributed by atoms with Crippen LogP contribution >= 0.6 is 11.6 Å². The monoisotopic (exact) mass is 184 g/mol. The molecule has 3 heteroatoms. The van der Waals surface area contributed by atoms with E-state index in [-0.39, 0.29) is 0 Å². The normalized spacial score (nSPS) is 17.3. The molecule has 0 spiro atoms. The van der Waals surface area contributed by atoms with Crippen LogP contribution in [0.25, 0.3) is 0 Å². The van der Waals surface area contributed by atoms with Crippen LogP contribution in [-0.2, 0) is 0 Å². The molecule has 0 N–H and O–H groups in total. The summed E-state index contributed by atoms with van der Waals surface area (Å²) < 4.78 is 1.88. The van der Waals surface area contributed by atoms with Gasteiger partial charge in [0.2, 0.25) is 0 Å². The van der Waals surface area contributed by atoms with E-state index in [9.17, 15) is 0 Å². The quantitative estimate of drug-likeness (QED) is 0.691. The van der Waals surface area contributed by atoms with Crippen LogP contribution in [0.4, 0.5) is 0 Å². The molecule has 0 saturated heterocycles. The maximum atomic E-state index is 6.01. The van der Waals surface area contributed by atoms with Crippen LogP contribution in [-0.4, -0.2) is 9.78 Å². The van der Waals surface area contributed by atoms with Gasteiger partial charge in [-0.05, 0) is 32.8 Å². The first-order valence-corrected chi connectivity index (χ1v) is 4.81. The highest BCUT2D eigenvalue weighted by Gasteiger charge is 2.27. The van der Waals surface area contributed by atoms with Gasteiger partial charge in [-0.25, -0.2) is 0 Å². The van der Waals surface area contributed by atoms with Crippen LogP contribution in [0, 0.1) is 0 Å². The van der Waals surface area contributed by atoms with E-state index in [1.807, 2.05) is 10.7 Å². The lowest BCUT2D eigenvalue weighted by atomic mass is 10.3. The Morgan fingerprint density at radius 3 is 2.67 bits per heavy atom. The van der Waals surface area contributed by atoms with Crippen molar-refractivity contribution < 1.29 is 0 Å². The Morgan fingerprint density at radius 1 is 1.58 bits per heavy atom. The molecule has 1 aromatic heterocycles. The highest BCUT2D eigenvalue weighted by molar-refractivity contribution is 6.29. The molecule has 1 aliphatic carbocycles. The number of halogens is 1. The number of aromatic nitrogens is 2. The summed E-state index contributed by atoms with van der Waals surface area (Å²) in [6.45, 7) is 4.19. The summed E-state index contributed by atoms with van der Waals surface area (Å²) in [5.74, 6) is 0.697. The molecular formula is C9H13ClN2. The van der Waals surface area contributed by atoms with Gasteiger partial charge < -0.3 is 0 Å². The van der Waals surface area contributed by atoms with Gasteiger partial charge in [0, 0.05) is 12.0 Å². The van der Waals surface area contributed by atoms with E-state index in [4.69, 9.17) is 11.6 Å². The lowest BCUT2D eigenvalue weighted by Gasteiger charge is -2.05. The molecule has 0 amide bonds. The highest BCUT2D eigenvalue weighted by atomic mass is 35.5. The Balaban J connectivity index is 2.30. The Bertz CT molecular complexity index is 287. The van der Waals surface area contributed by atoms with Gasteiger partial charge in [0.15, 0.2) is 0 Å². The standard InChI is InChI=1S/C9H13ClN2/c1-6(2)12-9(10)5-8(11-12)7-3-4-7/h5-7H,3-4H2,1-2H3. The van der Waals surface area contributed by atoms with Gasteiger partial charge in [0.1, 0.15) is 5.15 Å². The average Bonchev–Trinajstić information content (AvgIpc) is 2.75. The second-order valence-electron chi connectivity index (χ2n) is 3.70. The first-order valence-electron chi connectivity index (χ1n) is 4.43. The average molecular weight is 185 g/mol. The zero-order chi connectivity index (χ0) is 8.72. The molecule has 66 valence electrons. The Kier molecular flexibility index (Phi) is 1.87. The molecule has 2 rings (SSSR count). The molecule has 12 heavy (non-hydrogen) atoms. The van der Waals surface area contributed by atoms with E-state index in [1.165, 1.54) is 18.5 Å². The first kappa shape index (κ1) is 8.11. The molecule has 1 aliphatic rings. The van der Waals surface area contributed by atoms with Crippen molar-refractivity contribution in [2.45, 2.75) is 38.6 Å². The van der Waals surface area contributed by atoms with Crippen LogP contribution in [0.2, 0.25) is 5.15 Å². The van der Waals surface area contributed by atoms with Gasteiger partial charge in [0.05, 0.1) is 5.69 Å². The van der Waals surface area contributed by atoms with Crippen molar-refractivity contribution >= 4 is 11.6 Å². The molecule has 0 bridgehead atoms. The fourth-order valence-corrected chi connectivity index (χ4v) is 1.67. The van der Waals surface area contributed by atoms with Gasteiger partial charge in [-0.3, -0.25) is 4.68 Å². The Hall–Kier alpha value is -0.500. The maximum Gasteiger partial charge on any atom is 0.127 e. The van der Waals surface area contributed by atoms with Crippen LogP contribution in [0.15, 0.2) is 6.07 Å². The summed E-state index contributed by atoms with van der Waals surface area (Å²) >= 11 is 6.01. The van der Waals surface area contributed by atoms with E-state index < -0.39 is 0 Å². The molecule has 0 radical (unpaired) electrons. The van der Waals surface area contributed by atoms with E-state index in [1.54, 1.807) is 0 Å². The van der Waals surface area contributed by atoms with Crippen molar-refractivity contribution in [2.24, 2.45) is 0 Å². The van der Waals surface area contributed by atoms with Gasteiger partial charge in [-0.2, -0.15) is 5.10 Å². The molecule has 0 aliphatic heterocycles. The van der Waals surface area contributed by atoms with Gasteiger partial charge in [0.25, 0.3) is 0 Å². The fraction of sp³-hybridized carbons (Fsp3) is 0.667. The zero-order valence-corrected chi connectivity index (χ0v) is 8.17. The molecule has 0 atom stereocenters. The minimum absolute atomic E-state index is 0.366. The predicted octanol–water partition coefficient (Wildman–Crippen LogP) is 2.99. The van der Waals surface area contributed by atoms with Crippen LogP contribution in [0.5, 0.6) is 0 Å². The second-order valence-corrected chi connectivity index (χ2v) is 4.09. The van der Waals surface area contributed by atoms with Crippen LogP contribution in [0.3, 0.4) is 0 Å². The molecular weight excluding hydrogens is 172 g/mol. The van der Waals surface area contributed by atoms with Crippen molar-refractivity contribution in [3.63, 3.8) is 0 Å². The number of nitrogens with zero attached hydrogens (tertiary/aromatic N) is 2. The molecule has 2 nitrogen and oxygen atoms in total. The van der Waals surface area contributed by atoms with Gasteiger partial charge in [-0.1, -0.05) is 11.6 Å². The molecule has 0 aromatic carbocycles. The molecule has 1 fully saturated rings. The second kappa shape index (κ2) is 2.77. The smallest absolute Gasteiger partial charge is 0.127 e. The van der Waals surface area contributed by atoms with E-state index >= 15 is 0 Å². The zero-order valence-electron chi connectivity index (χ0n) is 7.42. The van der Waals surface area contributed by atoms with Gasteiger partial charge in [-0.15, -0.1) is 0 Å². The summed E-state index contributed by atoms with van der Waals surface area (Å²) in [5.41, 5.74) is 1.17. The van der Waals surface area contributed by atoms with E-state index in [0.717, 1.165) is 5.15 Å². The first-order chi connectivity index (χ1) is 5.68. The topological polar surface area (TPSA) is 17.8 Å². The summed E-state index contributed by atoms with van der Waals surface area (Å²) in [6.07, 6.45) is 2.57. The van der Waals surface area contributed by atoms with Crippen molar-refractivity contribution in [1.29, 1.82) is 0 Å². The predicted molar refractivity (Wildman–Crippen MR) is 49.6 cm³/mol. The van der Waals surface area contributed by atoms with Crippen molar-refractivity contribution in [2.75, 3.05) is 0 Å². The summed E-state index contributed by atoms with van der Waals surface area (Å²) in [5, 5.41) is 5.23. The summed E-state index contributed by atoms with van der Waals surface area (Å²) in [6, 6.07) is 2.36. The Morgan fingerprint density at radius 2 is 2.25 bits per heavy atom. The molecule has 1 heterocycles. The van der Waals surface area contributed by atoms with Crippen molar-refractivity contribution in [3.05, 3.63) is 16.9 Å². The molecule has 1 aromatic rings. The molecule has 0 unspecified atom stereocenters. The molecule has 1 saturated carbocycles. The third-order valence-electron chi connectivity index (χ3n) is 2.19. The number of rotatable bonds is 2. The minimum atomic E-state index is 0.366. The fourth-order valence-electron chi connectivity index (χ4n) is 1.33. The summed E-state index contributed by atoms with van der Waals surface area (Å²) in [7, 11) is 0.